The molecule has 20 heavy (non-hydrogen) atoms. The van der Waals surface area contributed by atoms with Crippen molar-refractivity contribution in [1.29, 1.82) is 0 Å². The first-order chi connectivity index (χ1) is 9.74. The summed E-state index contributed by atoms with van der Waals surface area (Å²) >= 11 is 0. The Balaban J connectivity index is 1.58. The molecule has 4 nitrogen and oxygen atoms in total. The van der Waals surface area contributed by atoms with Gasteiger partial charge in [0.05, 0.1) is 26.4 Å². The van der Waals surface area contributed by atoms with E-state index in [1.807, 2.05) is 0 Å². The fraction of sp³-hybridized carbons (Fsp3) is 0.562. The first kappa shape index (κ1) is 15.0. The number of carbonyl (C=O) groups is 1. The number of aryl methyl sites for hydroxylation is 2. The van der Waals surface area contributed by atoms with Gasteiger partial charge in [0.15, 0.2) is 0 Å². The van der Waals surface area contributed by atoms with Crippen LogP contribution >= 0.6 is 0 Å². The number of ether oxygens (including phenoxy) is 2. The number of nitrogens with zero attached hydrogens (tertiary/aromatic N) is 1. The largest absolute Gasteiger partial charge is 0.465 e. The Morgan fingerprint density at radius 2 is 1.95 bits per heavy atom. The van der Waals surface area contributed by atoms with Gasteiger partial charge in [0.2, 0.25) is 0 Å². The Kier molecular flexibility index (Phi) is 6.02. The topological polar surface area (TPSA) is 38.8 Å². The summed E-state index contributed by atoms with van der Waals surface area (Å²) in [6, 6.07) is 8.48. The zero-order valence-corrected chi connectivity index (χ0v) is 12.1. The smallest absolute Gasteiger partial charge is 0.320 e. The van der Waals surface area contributed by atoms with Crippen LogP contribution in [0.2, 0.25) is 0 Å². The van der Waals surface area contributed by atoms with Gasteiger partial charge in [0.25, 0.3) is 0 Å². The molecule has 0 aliphatic carbocycles. The van der Waals surface area contributed by atoms with Crippen molar-refractivity contribution >= 4 is 5.97 Å². The molecule has 1 aromatic carbocycles. The first-order valence-corrected chi connectivity index (χ1v) is 7.25. The second-order valence-electron chi connectivity index (χ2n) is 5.20. The van der Waals surface area contributed by atoms with Gasteiger partial charge in [0.1, 0.15) is 0 Å². The predicted octanol–water partition coefficient (Wildman–Crippen LogP) is 1.80. The van der Waals surface area contributed by atoms with Crippen LogP contribution in [-0.2, 0) is 20.7 Å². The number of benzene rings is 1. The molecule has 2 rings (SSSR count). The third kappa shape index (κ3) is 5.31. The second kappa shape index (κ2) is 8.02. The lowest BCUT2D eigenvalue weighted by molar-refractivity contribution is -0.146. The van der Waals surface area contributed by atoms with E-state index in [-0.39, 0.29) is 5.97 Å². The fourth-order valence-electron chi connectivity index (χ4n) is 2.20. The lowest BCUT2D eigenvalue weighted by Crippen LogP contribution is -2.40. The molecule has 0 N–H and O–H groups in total. The summed E-state index contributed by atoms with van der Waals surface area (Å²) in [5.74, 6) is -0.129. The third-order valence-corrected chi connectivity index (χ3v) is 3.45. The van der Waals surface area contributed by atoms with Crippen LogP contribution in [-0.4, -0.2) is 50.3 Å². The molecule has 0 spiro atoms. The summed E-state index contributed by atoms with van der Waals surface area (Å²) < 4.78 is 10.5. The maximum atomic E-state index is 11.7. The van der Waals surface area contributed by atoms with E-state index in [9.17, 15) is 4.79 Å². The second-order valence-corrected chi connectivity index (χ2v) is 5.20. The Bertz CT molecular complexity index is 410. The summed E-state index contributed by atoms with van der Waals surface area (Å²) in [4.78, 5) is 13.7. The summed E-state index contributed by atoms with van der Waals surface area (Å²) in [5, 5.41) is 0. The van der Waals surface area contributed by atoms with Crippen molar-refractivity contribution in [2.24, 2.45) is 0 Å². The number of rotatable bonds is 6. The maximum Gasteiger partial charge on any atom is 0.320 e. The molecule has 1 aromatic rings. The van der Waals surface area contributed by atoms with Gasteiger partial charge < -0.3 is 9.47 Å². The molecule has 4 heteroatoms. The number of hydrogen-bond donors (Lipinski definition) is 0. The standard InChI is InChI=1S/C16H23NO3/c1-14-4-6-15(7-5-14)3-2-10-20-16(18)13-17-8-11-19-12-9-17/h4-7H,2-3,8-13H2,1H3. The van der Waals surface area contributed by atoms with Crippen LogP contribution < -0.4 is 0 Å². The van der Waals surface area contributed by atoms with E-state index in [2.05, 4.69) is 36.1 Å². The minimum Gasteiger partial charge on any atom is -0.465 e. The number of carbonyl (C=O) groups excluding carboxylic acids is 1. The van der Waals surface area contributed by atoms with Crippen molar-refractivity contribution in [3.05, 3.63) is 35.4 Å². The molecule has 0 atom stereocenters. The molecule has 1 aliphatic rings. The monoisotopic (exact) mass is 277 g/mol. The zero-order valence-electron chi connectivity index (χ0n) is 12.1. The Labute approximate surface area is 120 Å². The Hall–Kier alpha value is -1.39. The summed E-state index contributed by atoms with van der Waals surface area (Å²) in [7, 11) is 0. The molecular formula is C16H23NO3. The summed E-state index contributed by atoms with van der Waals surface area (Å²) in [6.45, 7) is 6.01. The van der Waals surface area contributed by atoms with Gasteiger partial charge >= 0.3 is 5.97 Å². The van der Waals surface area contributed by atoms with Gasteiger partial charge in [0, 0.05) is 13.1 Å². The summed E-state index contributed by atoms with van der Waals surface area (Å²) in [6.07, 6.45) is 1.82. The highest BCUT2D eigenvalue weighted by molar-refractivity contribution is 5.71. The van der Waals surface area contributed by atoms with E-state index in [1.54, 1.807) is 0 Å². The molecule has 0 unspecified atom stereocenters. The van der Waals surface area contributed by atoms with Gasteiger partial charge in [-0.1, -0.05) is 29.8 Å². The van der Waals surface area contributed by atoms with E-state index < -0.39 is 0 Å². The first-order valence-electron chi connectivity index (χ1n) is 7.25. The van der Waals surface area contributed by atoms with Crippen molar-refractivity contribution in [2.75, 3.05) is 39.5 Å². The molecule has 1 fully saturated rings. The Morgan fingerprint density at radius 1 is 1.25 bits per heavy atom. The number of morpholine rings is 1. The number of hydrogen-bond acceptors (Lipinski definition) is 4. The van der Waals surface area contributed by atoms with Crippen LogP contribution in [0.5, 0.6) is 0 Å². The van der Waals surface area contributed by atoms with E-state index in [0.29, 0.717) is 26.4 Å². The molecule has 0 aromatic heterocycles. The average molecular weight is 277 g/mol. The third-order valence-electron chi connectivity index (χ3n) is 3.45. The van der Waals surface area contributed by atoms with Gasteiger partial charge in [-0.25, -0.2) is 0 Å². The molecule has 110 valence electrons. The fourth-order valence-corrected chi connectivity index (χ4v) is 2.20. The van der Waals surface area contributed by atoms with Crippen molar-refractivity contribution in [2.45, 2.75) is 19.8 Å². The molecule has 0 amide bonds. The Morgan fingerprint density at radius 3 is 2.65 bits per heavy atom. The van der Waals surface area contributed by atoms with Gasteiger partial charge in [-0.2, -0.15) is 0 Å². The van der Waals surface area contributed by atoms with E-state index >= 15 is 0 Å². The molecule has 1 saturated heterocycles. The average Bonchev–Trinajstić information content (AvgIpc) is 2.46. The highest BCUT2D eigenvalue weighted by Crippen LogP contribution is 2.06. The van der Waals surface area contributed by atoms with Gasteiger partial charge in [-0.05, 0) is 25.3 Å². The van der Waals surface area contributed by atoms with Crippen LogP contribution in [0, 0.1) is 6.92 Å². The van der Waals surface area contributed by atoms with E-state index in [0.717, 1.165) is 25.9 Å². The molecule has 1 heterocycles. The quantitative estimate of drug-likeness (QED) is 0.587. The summed E-state index contributed by atoms with van der Waals surface area (Å²) in [5.41, 5.74) is 2.56. The molecule has 0 bridgehead atoms. The lowest BCUT2D eigenvalue weighted by Gasteiger charge is -2.25. The minimum atomic E-state index is -0.129. The number of esters is 1. The van der Waals surface area contributed by atoms with Crippen LogP contribution in [0.3, 0.4) is 0 Å². The maximum absolute atomic E-state index is 11.7. The van der Waals surface area contributed by atoms with Gasteiger partial charge in [-0.15, -0.1) is 0 Å². The predicted molar refractivity (Wildman–Crippen MR) is 77.7 cm³/mol. The van der Waals surface area contributed by atoms with E-state index in [4.69, 9.17) is 9.47 Å². The molecule has 1 aliphatic heterocycles. The van der Waals surface area contributed by atoms with Crippen molar-refractivity contribution < 1.29 is 14.3 Å². The van der Waals surface area contributed by atoms with Crippen LogP contribution in [0.1, 0.15) is 17.5 Å². The van der Waals surface area contributed by atoms with Gasteiger partial charge in [-0.3, -0.25) is 9.69 Å². The molecular weight excluding hydrogens is 254 g/mol. The minimum absolute atomic E-state index is 0.129. The lowest BCUT2D eigenvalue weighted by atomic mass is 10.1. The van der Waals surface area contributed by atoms with Crippen molar-refractivity contribution in [1.82, 2.24) is 4.90 Å². The van der Waals surface area contributed by atoms with Crippen LogP contribution in [0.15, 0.2) is 24.3 Å². The normalized spacial score (nSPS) is 16.1. The highest BCUT2D eigenvalue weighted by Gasteiger charge is 2.14. The zero-order chi connectivity index (χ0) is 14.2. The highest BCUT2D eigenvalue weighted by atomic mass is 16.5. The molecule has 0 radical (unpaired) electrons. The molecule has 0 saturated carbocycles. The van der Waals surface area contributed by atoms with Crippen LogP contribution in [0.25, 0.3) is 0 Å². The van der Waals surface area contributed by atoms with Crippen LogP contribution in [0.4, 0.5) is 0 Å². The van der Waals surface area contributed by atoms with E-state index in [1.165, 1.54) is 11.1 Å². The van der Waals surface area contributed by atoms with Crippen molar-refractivity contribution in [3.8, 4) is 0 Å². The van der Waals surface area contributed by atoms with Crippen molar-refractivity contribution in [3.63, 3.8) is 0 Å². The SMILES string of the molecule is Cc1ccc(CCCOC(=O)CN2CCOCC2)cc1.